The molecule has 1 aromatic heterocycles. The first kappa shape index (κ1) is 14.3. The van der Waals surface area contributed by atoms with Crippen LogP contribution in [0.5, 0.6) is 0 Å². The normalized spacial score (nSPS) is 21.7. The molecule has 1 amide bonds. The van der Waals surface area contributed by atoms with Crippen molar-refractivity contribution in [2.24, 2.45) is 18.9 Å². The highest BCUT2D eigenvalue weighted by Gasteiger charge is 2.33. The predicted octanol–water partition coefficient (Wildman–Crippen LogP) is 1.01. The molecule has 1 aliphatic rings. The molecule has 1 aromatic rings. The van der Waals surface area contributed by atoms with Gasteiger partial charge in [0.1, 0.15) is 0 Å². The third kappa shape index (κ3) is 3.07. The summed E-state index contributed by atoms with van der Waals surface area (Å²) in [5.74, 6) is -2.23. The van der Waals surface area contributed by atoms with Crippen LogP contribution in [0, 0.1) is 18.8 Å². The Labute approximate surface area is 117 Å². The zero-order valence-corrected chi connectivity index (χ0v) is 11.7. The summed E-state index contributed by atoms with van der Waals surface area (Å²) >= 11 is 0. The zero-order chi connectivity index (χ0) is 14.7. The number of hydrogen-bond acceptors (Lipinski definition) is 3. The van der Waals surface area contributed by atoms with Gasteiger partial charge in [0.05, 0.1) is 17.5 Å². The van der Waals surface area contributed by atoms with Gasteiger partial charge in [-0.3, -0.25) is 14.3 Å². The monoisotopic (exact) mass is 277 g/mol. The Kier molecular flexibility index (Phi) is 4.22. The van der Waals surface area contributed by atoms with Gasteiger partial charge in [0.25, 0.3) is 0 Å². The lowest BCUT2D eigenvalue weighted by atomic mass is 9.82. The minimum atomic E-state index is -0.910. The maximum atomic E-state index is 12.2. The molecule has 1 heterocycles. The summed E-state index contributed by atoms with van der Waals surface area (Å²) in [5.41, 5.74) is 1.81. The van der Waals surface area contributed by atoms with Crippen molar-refractivity contribution in [3.63, 3.8) is 0 Å². The van der Waals surface area contributed by atoms with E-state index >= 15 is 0 Å². The van der Waals surface area contributed by atoms with E-state index in [4.69, 9.17) is 5.11 Å². The molecule has 0 aromatic carbocycles. The van der Waals surface area contributed by atoms with E-state index in [9.17, 15) is 9.59 Å². The quantitative estimate of drug-likeness (QED) is 0.804. The van der Waals surface area contributed by atoms with E-state index in [1.54, 1.807) is 4.68 Å². The van der Waals surface area contributed by atoms with Crippen LogP contribution in [0.2, 0.25) is 0 Å². The first-order valence-corrected chi connectivity index (χ1v) is 6.63. The number of carboxylic acid groups (broad SMARTS) is 1. The van der Waals surface area contributed by atoms with E-state index in [1.165, 1.54) is 0 Å². The first-order chi connectivity index (χ1) is 9.49. The van der Waals surface area contributed by atoms with Crippen LogP contribution >= 0.6 is 0 Å². The van der Waals surface area contributed by atoms with Crippen LogP contribution in [0.4, 0.5) is 0 Å². The lowest BCUT2D eigenvalue weighted by Crippen LogP contribution is -2.38. The first-order valence-electron chi connectivity index (χ1n) is 6.63. The van der Waals surface area contributed by atoms with Gasteiger partial charge < -0.3 is 10.4 Å². The van der Waals surface area contributed by atoms with Crippen LogP contribution in [0.15, 0.2) is 18.3 Å². The summed E-state index contributed by atoms with van der Waals surface area (Å²) in [6.07, 6.45) is 6.45. The van der Waals surface area contributed by atoms with E-state index in [0.717, 1.165) is 11.3 Å². The van der Waals surface area contributed by atoms with Crippen LogP contribution < -0.4 is 5.32 Å². The Morgan fingerprint density at radius 2 is 2.05 bits per heavy atom. The van der Waals surface area contributed by atoms with Gasteiger partial charge in [-0.15, -0.1) is 0 Å². The molecule has 6 heteroatoms. The Balaban J connectivity index is 1.99. The van der Waals surface area contributed by atoms with Crippen LogP contribution in [0.1, 0.15) is 24.1 Å². The Morgan fingerprint density at radius 1 is 1.40 bits per heavy atom. The van der Waals surface area contributed by atoms with Gasteiger partial charge in [-0.25, -0.2) is 0 Å². The van der Waals surface area contributed by atoms with Gasteiger partial charge in [-0.1, -0.05) is 12.2 Å². The molecular formula is C14H19N3O3. The van der Waals surface area contributed by atoms with Crippen molar-refractivity contribution in [2.45, 2.75) is 26.3 Å². The maximum Gasteiger partial charge on any atom is 0.307 e. The van der Waals surface area contributed by atoms with Crippen molar-refractivity contribution in [1.82, 2.24) is 15.1 Å². The van der Waals surface area contributed by atoms with Crippen LogP contribution in [-0.4, -0.2) is 26.8 Å². The molecule has 0 aliphatic heterocycles. The van der Waals surface area contributed by atoms with Crippen molar-refractivity contribution < 1.29 is 14.7 Å². The molecule has 1 aliphatic carbocycles. The second-order valence-electron chi connectivity index (χ2n) is 5.13. The highest BCUT2D eigenvalue weighted by atomic mass is 16.4. The molecule has 0 fully saturated rings. The smallest absolute Gasteiger partial charge is 0.307 e. The molecule has 6 nitrogen and oxygen atoms in total. The van der Waals surface area contributed by atoms with Crippen LogP contribution in [-0.2, 0) is 23.2 Å². The third-order valence-electron chi connectivity index (χ3n) is 3.65. The fourth-order valence-electron chi connectivity index (χ4n) is 2.51. The van der Waals surface area contributed by atoms with Crippen molar-refractivity contribution in [1.29, 1.82) is 0 Å². The molecule has 0 radical (unpaired) electrons. The van der Waals surface area contributed by atoms with Gasteiger partial charge in [0.15, 0.2) is 0 Å². The fourth-order valence-corrected chi connectivity index (χ4v) is 2.51. The lowest BCUT2D eigenvalue weighted by Gasteiger charge is -2.24. The largest absolute Gasteiger partial charge is 0.481 e. The van der Waals surface area contributed by atoms with E-state index in [1.807, 2.05) is 32.3 Å². The number of aromatic nitrogens is 2. The Hall–Kier alpha value is -2.11. The highest BCUT2D eigenvalue weighted by Crippen LogP contribution is 2.26. The second kappa shape index (κ2) is 5.90. The number of carbonyl (C=O) groups is 2. The minimum Gasteiger partial charge on any atom is -0.481 e. The average molecular weight is 277 g/mol. The molecule has 2 rings (SSSR count). The number of amides is 1. The summed E-state index contributed by atoms with van der Waals surface area (Å²) in [6.45, 7) is 2.26. The summed E-state index contributed by atoms with van der Waals surface area (Å²) in [4.78, 5) is 23.3. The number of rotatable bonds is 4. The van der Waals surface area contributed by atoms with Crippen LogP contribution in [0.25, 0.3) is 0 Å². The summed E-state index contributed by atoms with van der Waals surface area (Å²) in [5, 5.41) is 16.2. The summed E-state index contributed by atoms with van der Waals surface area (Å²) in [6, 6.07) is 0. The third-order valence-corrected chi connectivity index (χ3v) is 3.65. The minimum absolute atomic E-state index is 0.204. The lowest BCUT2D eigenvalue weighted by molar-refractivity contribution is -0.147. The standard InChI is InChI=1S/C14H19N3O3/c1-9-10(8-17(2)16-9)7-15-13(18)11-5-3-4-6-12(11)14(19)20/h3-4,8,11-12H,5-7H2,1-2H3,(H,15,18)(H,19,20)/t11-,12+/m1/s1. The molecule has 108 valence electrons. The van der Waals surface area contributed by atoms with E-state index < -0.39 is 17.8 Å². The van der Waals surface area contributed by atoms with Crippen molar-refractivity contribution in [3.05, 3.63) is 29.6 Å². The molecular weight excluding hydrogens is 258 g/mol. The van der Waals surface area contributed by atoms with Gasteiger partial charge in [-0.2, -0.15) is 5.10 Å². The molecule has 0 saturated heterocycles. The second-order valence-corrected chi connectivity index (χ2v) is 5.13. The topological polar surface area (TPSA) is 84.2 Å². The maximum absolute atomic E-state index is 12.2. The number of nitrogens with zero attached hydrogens (tertiary/aromatic N) is 2. The van der Waals surface area contributed by atoms with Gasteiger partial charge in [-0.05, 0) is 19.8 Å². The zero-order valence-electron chi connectivity index (χ0n) is 11.7. The number of hydrogen-bond donors (Lipinski definition) is 2. The molecule has 0 saturated carbocycles. The van der Waals surface area contributed by atoms with Crippen molar-refractivity contribution in [3.8, 4) is 0 Å². The van der Waals surface area contributed by atoms with Gasteiger partial charge in [0.2, 0.25) is 5.91 Å². The molecule has 0 bridgehead atoms. The van der Waals surface area contributed by atoms with E-state index in [-0.39, 0.29) is 5.91 Å². The number of allylic oxidation sites excluding steroid dienone is 2. The van der Waals surface area contributed by atoms with E-state index in [2.05, 4.69) is 10.4 Å². The summed E-state index contributed by atoms with van der Waals surface area (Å²) < 4.78 is 1.69. The highest BCUT2D eigenvalue weighted by molar-refractivity contribution is 5.85. The molecule has 20 heavy (non-hydrogen) atoms. The van der Waals surface area contributed by atoms with Crippen molar-refractivity contribution in [2.75, 3.05) is 0 Å². The predicted molar refractivity (Wildman–Crippen MR) is 72.8 cm³/mol. The number of carboxylic acids is 1. The Bertz CT molecular complexity index is 548. The van der Waals surface area contributed by atoms with E-state index in [0.29, 0.717) is 19.4 Å². The molecule has 0 spiro atoms. The van der Waals surface area contributed by atoms with Crippen molar-refractivity contribution >= 4 is 11.9 Å². The number of carbonyl (C=O) groups excluding carboxylic acids is 1. The Morgan fingerprint density at radius 3 is 2.60 bits per heavy atom. The average Bonchev–Trinajstić information content (AvgIpc) is 2.74. The number of nitrogens with one attached hydrogen (secondary N) is 1. The van der Waals surface area contributed by atoms with Crippen LogP contribution in [0.3, 0.4) is 0 Å². The molecule has 2 atom stereocenters. The van der Waals surface area contributed by atoms with Gasteiger partial charge >= 0.3 is 5.97 Å². The number of aryl methyl sites for hydroxylation is 2. The number of aliphatic carboxylic acids is 1. The molecule has 0 unspecified atom stereocenters. The fraction of sp³-hybridized carbons (Fsp3) is 0.500. The molecule has 2 N–H and O–H groups in total. The van der Waals surface area contributed by atoms with Gasteiger partial charge in [0, 0.05) is 25.4 Å². The summed E-state index contributed by atoms with van der Waals surface area (Å²) in [7, 11) is 1.82. The SMILES string of the molecule is Cc1nn(C)cc1CNC(=O)[C@@H]1CC=CC[C@@H]1C(=O)O.